The number of nitrogens with two attached hydrogens (primary N) is 1. The molecule has 7 nitrogen and oxygen atoms in total. The molecular weight excluding hydrogens is 414 g/mol. The average molecular weight is 440 g/mol. The maximum absolute atomic E-state index is 6.17. The first-order valence-electron chi connectivity index (χ1n) is 10.3. The van der Waals surface area contributed by atoms with Crippen molar-refractivity contribution < 1.29 is 9.47 Å². The van der Waals surface area contributed by atoms with Gasteiger partial charge in [0.05, 0.1) is 17.8 Å². The molecule has 8 heteroatoms. The summed E-state index contributed by atoms with van der Waals surface area (Å²) in [6, 6.07) is 13.3. The van der Waals surface area contributed by atoms with E-state index in [1.807, 2.05) is 43.3 Å². The van der Waals surface area contributed by atoms with E-state index < -0.39 is 0 Å². The number of aromatic nitrogens is 2. The van der Waals surface area contributed by atoms with Crippen LogP contribution in [-0.2, 0) is 0 Å². The third-order valence-electron chi connectivity index (χ3n) is 5.31. The first kappa shape index (κ1) is 21.2. The Bertz CT molecular complexity index is 1050. The summed E-state index contributed by atoms with van der Waals surface area (Å²) >= 11 is 6.16. The van der Waals surface area contributed by atoms with Gasteiger partial charge in [0.1, 0.15) is 23.4 Å². The molecule has 1 fully saturated rings. The minimum absolute atomic E-state index is 0.263. The first-order valence-corrected chi connectivity index (χ1v) is 10.6. The molecule has 0 bridgehead atoms. The van der Waals surface area contributed by atoms with Crippen molar-refractivity contribution >= 4 is 29.1 Å². The fourth-order valence-electron chi connectivity index (χ4n) is 3.53. The van der Waals surface area contributed by atoms with Gasteiger partial charge >= 0.3 is 0 Å². The lowest BCUT2D eigenvalue weighted by atomic mass is 10.1. The number of piperidine rings is 1. The highest BCUT2D eigenvalue weighted by Crippen LogP contribution is 2.33. The Morgan fingerprint density at radius 3 is 2.55 bits per heavy atom. The van der Waals surface area contributed by atoms with E-state index in [-0.39, 0.29) is 6.10 Å². The summed E-state index contributed by atoms with van der Waals surface area (Å²) in [5, 5.41) is 7.11. The van der Waals surface area contributed by atoms with E-state index in [0.29, 0.717) is 22.5 Å². The lowest BCUT2D eigenvalue weighted by Gasteiger charge is -2.23. The quantitative estimate of drug-likeness (QED) is 0.517. The maximum Gasteiger partial charge on any atom is 0.229 e. The monoisotopic (exact) mass is 439 g/mol. The molecular formula is C23H26ClN5O2. The fourth-order valence-corrected chi connectivity index (χ4v) is 3.72. The molecule has 0 spiro atoms. The fraction of sp³-hybridized carbons (Fsp3) is 0.304. The number of nitrogen functional groups attached to an aromatic ring is 1. The number of halogens is 1. The van der Waals surface area contributed by atoms with Crippen LogP contribution in [-0.4, -0.2) is 36.3 Å². The Hall–Kier alpha value is -3.03. The van der Waals surface area contributed by atoms with Crippen LogP contribution in [0.1, 0.15) is 18.4 Å². The van der Waals surface area contributed by atoms with Crippen LogP contribution in [0.15, 0.2) is 42.5 Å². The highest BCUT2D eigenvalue weighted by Gasteiger charge is 2.15. The van der Waals surface area contributed by atoms with Gasteiger partial charge in [0, 0.05) is 16.8 Å². The highest BCUT2D eigenvalue weighted by molar-refractivity contribution is 6.32. The number of ether oxygens (including phenoxy) is 2. The Balaban J connectivity index is 1.53. The molecule has 1 aliphatic heterocycles. The number of hydrogen-bond acceptors (Lipinski definition) is 7. The van der Waals surface area contributed by atoms with Gasteiger partial charge in [-0.15, -0.1) is 0 Å². The number of methoxy groups -OCH3 is 1. The molecule has 0 saturated carbocycles. The van der Waals surface area contributed by atoms with Crippen molar-refractivity contribution in [3.05, 3.63) is 53.1 Å². The number of anilines is 3. The zero-order valence-electron chi connectivity index (χ0n) is 17.6. The van der Waals surface area contributed by atoms with E-state index in [0.717, 1.165) is 54.2 Å². The Kier molecular flexibility index (Phi) is 6.44. The minimum Gasteiger partial charge on any atom is -0.495 e. The van der Waals surface area contributed by atoms with E-state index in [1.165, 1.54) is 0 Å². The molecule has 0 amide bonds. The normalized spacial score (nSPS) is 14.3. The predicted octanol–water partition coefficient (Wildman–Crippen LogP) is 4.57. The summed E-state index contributed by atoms with van der Waals surface area (Å²) in [6.07, 6.45) is 2.31. The number of hydrogen-bond donors (Lipinski definition) is 3. The van der Waals surface area contributed by atoms with Crippen LogP contribution in [0.25, 0.3) is 11.3 Å². The van der Waals surface area contributed by atoms with Crippen molar-refractivity contribution in [2.45, 2.75) is 25.9 Å². The topological polar surface area (TPSA) is 94.3 Å². The van der Waals surface area contributed by atoms with E-state index in [9.17, 15) is 0 Å². The van der Waals surface area contributed by atoms with E-state index in [2.05, 4.69) is 20.6 Å². The molecule has 1 aromatic heterocycles. The van der Waals surface area contributed by atoms with Crippen molar-refractivity contribution in [2.24, 2.45) is 0 Å². The van der Waals surface area contributed by atoms with Gasteiger partial charge in [0.25, 0.3) is 0 Å². The highest BCUT2D eigenvalue weighted by atomic mass is 35.5. The Morgan fingerprint density at radius 2 is 1.84 bits per heavy atom. The summed E-state index contributed by atoms with van der Waals surface area (Å²) in [5.41, 5.74) is 9.37. The van der Waals surface area contributed by atoms with Gasteiger partial charge in [-0.05, 0) is 69.3 Å². The smallest absolute Gasteiger partial charge is 0.229 e. The second-order valence-electron chi connectivity index (χ2n) is 7.47. The van der Waals surface area contributed by atoms with Gasteiger partial charge in [0.2, 0.25) is 5.95 Å². The van der Waals surface area contributed by atoms with Crippen LogP contribution in [0.3, 0.4) is 0 Å². The van der Waals surface area contributed by atoms with E-state index >= 15 is 0 Å². The number of rotatable bonds is 6. The molecule has 2 heterocycles. The first-order chi connectivity index (χ1) is 15.0. The van der Waals surface area contributed by atoms with Gasteiger partial charge in [0.15, 0.2) is 0 Å². The van der Waals surface area contributed by atoms with Crippen molar-refractivity contribution in [1.82, 2.24) is 15.3 Å². The third-order valence-corrected chi connectivity index (χ3v) is 5.62. The van der Waals surface area contributed by atoms with Gasteiger partial charge in [-0.1, -0.05) is 17.7 Å². The third kappa shape index (κ3) is 5.00. The SMILES string of the molecule is COc1cc(-c2nc(Nc3ccc(OC4CCNCC4)cc3)nc(N)c2C)ccc1Cl. The van der Waals surface area contributed by atoms with Gasteiger partial charge in [-0.2, -0.15) is 4.98 Å². The van der Waals surface area contributed by atoms with Crippen LogP contribution in [0.4, 0.5) is 17.5 Å². The van der Waals surface area contributed by atoms with E-state index in [4.69, 9.17) is 26.8 Å². The maximum atomic E-state index is 6.17. The second-order valence-corrected chi connectivity index (χ2v) is 7.88. The summed E-state index contributed by atoms with van der Waals surface area (Å²) in [7, 11) is 1.58. The molecule has 3 aromatic rings. The summed E-state index contributed by atoms with van der Waals surface area (Å²) in [6.45, 7) is 3.89. The summed E-state index contributed by atoms with van der Waals surface area (Å²) in [5.74, 6) is 2.26. The zero-order valence-corrected chi connectivity index (χ0v) is 18.4. The van der Waals surface area contributed by atoms with Crippen molar-refractivity contribution in [3.63, 3.8) is 0 Å². The van der Waals surface area contributed by atoms with Crippen LogP contribution in [0.5, 0.6) is 11.5 Å². The molecule has 0 atom stereocenters. The van der Waals surface area contributed by atoms with Crippen molar-refractivity contribution in [2.75, 3.05) is 31.2 Å². The average Bonchev–Trinajstić information content (AvgIpc) is 2.78. The Labute approximate surface area is 187 Å². The molecule has 162 valence electrons. The van der Waals surface area contributed by atoms with Gasteiger partial charge in [-0.25, -0.2) is 4.98 Å². The minimum atomic E-state index is 0.263. The largest absolute Gasteiger partial charge is 0.495 e. The summed E-state index contributed by atoms with van der Waals surface area (Å²) in [4.78, 5) is 9.07. The molecule has 0 unspecified atom stereocenters. The molecule has 1 aliphatic rings. The molecule has 4 N–H and O–H groups in total. The lowest BCUT2D eigenvalue weighted by molar-refractivity contribution is 0.162. The van der Waals surface area contributed by atoms with Gasteiger partial charge < -0.3 is 25.8 Å². The van der Waals surface area contributed by atoms with Crippen LogP contribution >= 0.6 is 11.6 Å². The molecule has 0 aliphatic carbocycles. The standard InChI is InChI=1S/C23H26ClN5O2/c1-14-21(15-3-8-19(24)20(13-15)30-2)28-23(29-22(14)25)27-16-4-6-17(7-5-16)31-18-9-11-26-12-10-18/h3-8,13,18,26H,9-12H2,1-2H3,(H3,25,27,28,29). The number of benzene rings is 2. The number of nitrogens with one attached hydrogen (secondary N) is 2. The van der Waals surface area contributed by atoms with Gasteiger partial charge in [-0.3, -0.25) is 0 Å². The second kappa shape index (κ2) is 9.41. The molecule has 4 rings (SSSR count). The van der Waals surface area contributed by atoms with Crippen LogP contribution < -0.4 is 25.8 Å². The molecule has 0 radical (unpaired) electrons. The predicted molar refractivity (Wildman–Crippen MR) is 124 cm³/mol. The molecule has 2 aromatic carbocycles. The van der Waals surface area contributed by atoms with E-state index in [1.54, 1.807) is 13.2 Å². The molecule has 31 heavy (non-hydrogen) atoms. The Morgan fingerprint density at radius 1 is 1.10 bits per heavy atom. The summed E-state index contributed by atoms with van der Waals surface area (Å²) < 4.78 is 11.4. The van der Waals surface area contributed by atoms with Crippen LogP contribution in [0, 0.1) is 6.92 Å². The molecule has 1 saturated heterocycles. The number of nitrogens with zero attached hydrogens (tertiary/aromatic N) is 2. The van der Waals surface area contributed by atoms with Crippen molar-refractivity contribution in [3.8, 4) is 22.8 Å². The zero-order chi connectivity index (χ0) is 21.8. The lowest BCUT2D eigenvalue weighted by Crippen LogP contribution is -2.34. The van der Waals surface area contributed by atoms with Crippen LogP contribution in [0.2, 0.25) is 5.02 Å². The van der Waals surface area contributed by atoms with Crippen molar-refractivity contribution in [1.29, 1.82) is 0 Å².